The van der Waals surface area contributed by atoms with Crippen molar-refractivity contribution >= 4 is 29.2 Å². The van der Waals surface area contributed by atoms with E-state index in [0.29, 0.717) is 24.7 Å². The van der Waals surface area contributed by atoms with Crippen LogP contribution in [0.5, 0.6) is 11.5 Å². The van der Waals surface area contributed by atoms with E-state index in [4.69, 9.17) is 25.8 Å². The highest BCUT2D eigenvalue weighted by Crippen LogP contribution is 2.29. The molecule has 0 radical (unpaired) electrons. The molecule has 2 rings (SSSR count). The van der Waals surface area contributed by atoms with E-state index in [0.717, 1.165) is 12.5 Å². The quantitative estimate of drug-likeness (QED) is 0.619. The lowest BCUT2D eigenvalue weighted by Gasteiger charge is -2.13. The van der Waals surface area contributed by atoms with Crippen LogP contribution >= 0.6 is 11.6 Å². The van der Waals surface area contributed by atoms with Crippen LogP contribution in [0.15, 0.2) is 36.4 Å². The molecule has 0 bridgehead atoms. The van der Waals surface area contributed by atoms with E-state index in [-0.39, 0.29) is 16.3 Å². The Morgan fingerprint density at radius 2 is 1.86 bits per heavy atom. The molecule has 0 aliphatic rings. The van der Waals surface area contributed by atoms with Crippen LogP contribution in [0, 0.1) is 5.82 Å². The Morgan fingerprint density at radius 3 is 2.57 bits per heavy atom. The molecule has 1 amide bonds. The van der Waals surface area contributed by atoms with Crippen LogP contribution < -0.4 is 14.8 Å². The van der Waals surface area contributed by atoms with Gasteiger partial charge in [-0.05, 0) is 49.7 Å². The Balaban J connectivity index is 1.99. The van der Waals surface area contributed by atoms with Gasteiger partial charge >= 0.3 is 5.97 Å². The normalized spacial score (nSPS) is 10.3. The molecule has 0 aliphatic heterocycles. The Bertz CT molecular complexity index is 843. The topological polar surface area (TPSA) is 73.9 Å². The lowest BCUT2D eigenvalue weighted by Crippen LogP contribution is -2.21. The third-order valence-electron chi connectivity index (χ3n) is 3.48. The van der Waals surface area contributed by atoms with Crippen LogP contribution in [0.25, 0.3) is 0 Å². The highest BCUT2D eigenvalue weighted by molar-refractivity contribution is 6.30. The number of ether oxygens (including phenoxy) is 3. The van der Waals surface area contributed by atoms with E-state index in [1.807, 2.05) is 13.8 Å². The molecule has 0 fully saturated rings. The molecule has 0 aromatic heterocycles. The molecule has 6 nitrogen and oxygen atoms in total. The first-order valence-corrected chi connectivity index (χ1v) is 9.14. The molecule has 8 heteroatoms. The van der Waals surface area contributed by atoms with Crippen LogP contribution in [-0.4, -0.2) is 31.7 Å². The molecule has 0 unspecified atom stereocenters. The second-order valence-corrected chi connectivity index (χ2v) is 6.13. The number of hydrogen-bond donors (Lipinski definition) is 1. The molecule has 2 aromatic rings. The minimum atomic E-state index is -0.718. The standard InChI is InChI=1S/C20H21ClFNO5/c1-3-9-27-17-8-5-13(10-18(17)26-4-2)20(25)28-12-19(24)23-16-11-14(21)6-7-15(16)22/h5-8,10-11H,3-4,9,12H2,1-2H3,(H,23,24). The third kappa shape index (κ3) is 6.13. The average molecular weight is 410 g/mol. The number of hydrogen-bond acceptors (Lipinski definition) is 5. The van der Waals surface area contributed by atoms with Crippen molar-refractivity contribution in [2.24, 2.45) is 0 Å². The fraction of sp³-hybridized carbons (Fsp3) is 0.300. The van der Waals surface area contributed by atoms with Crippen molar-refractivity contribution in [1.29, 1.82) is 0 Å². The van der Waals surface area contributed by atoms with Crippen molar-refractivity contribution in [2.45, 2.75) is 20.3 Å². The van der Waals surface area contributed by atoms with E-state index < -0.39 is 24.3 Å². The summed E-state index contributed by atoms with van der Waals surface area (Å²) < 4.78 is 29.7. The molecule has 0 spiro atoms. The highest BCUT2D eigenvalue weighted by Gasteiger charge is 2.15. The summed E-state index contributed by atoms with van der Waals surface area (Å²) in [5.74, 6) is -1.12. The number of amides is 1. The minimum Gasteiger partial charge on any atom is -0.490 e. The first-order chi connectivity index (χ1) is 13.4. The predicted octanol–water partition coefficient (Wildman–Crippen LogP) is 4.46. The van der Waals surface area contributed by atoms with Crippen molar-refractivity contribution in [2.75, 3.05) is 25.1 Å². The van der Waals surface area contributed by atoms with Gasteiger partial charge in [0.25, 0.3) is 5.91 Å². The fourth-order valence-corrected chi connectivity index (χ4v) is 2.40. The predicted molar refractivity (Wildman–Crippen MR) is 104 cm³/mol. The number of benzene rings is 2. The molecule has 0 saturated carbocycles. The van der Waals surface area contributed by atoms with Crippen LogP contribution in [-0.2, 0) is 9.53 Å². The van der Waals surface area contributed by atoms with E-state index in [1.54, 1.807) is 6.07 Å². The van der Waals surface area contributed by atoms with Crippen molar-refractivity contribution in [3.8, 4) is 11.5 Å². The summed E-state index contributed by atoms with van der Waals surface area (Å²) in [6.45, 7) is 4.13. The van der Waals surface area contributed by atoms with Crippen LogP contribution in [0.3, 0.4) is 0 Å². The molecule has 1 N–H and O–H groups in total. The van der Waals surface area contributed by atoms with Crippen molar-refractivity contribution < 1.29 is 28.2 Å². The second kappa shape index (κ2) is 10.5. The SMILES string of the molecule is CCCOc1ccc(C(=O)OCC(=O)Nc2cc(Cl)ccc2F)cc1OCC. The first-order valence-electron chi connectivity index (χ1n) is 8.76. The number of anilines is 1. The van der Waals surface area contributed by atoms with Gasteiger partial charge in [-0.3, -0.25) is 4.79 Å². The van der Waals surface area contributed by atoms with Crippen molar-refractivity contribution in [1.82, 2.24) is 0 Å². The lowest BCUT2D eigenvalue weighted by molar-refractivity contribution is -0.119. The second-order valence-electron chi connectivity index (χ2n) is 5.69. The van der Waals surface area contributed by atoms with Crippen molar-refractivity contribution in [3.05, 3.63) is 52.8 Å². The van der Waals surface area contributed by atoms with E-state index in [2.05, 4.69) is 5.32 Å². The smallest absolute Gasteiger partial charge is 0.338 e. The van der Waals surface area contributed by atoms with E-state index in [1.165, 1.54) is 24.3 Å². The van der Waals surface area contributed by atoms with E-state index >= 15 is 0 Å². The maximum atomic E-state index is 13.6. The van der Waals surface area contributed by atoms with Gasteiger partial charge in [0.1, 0.15) is 5.82 Å². The Kier molecular flexibility index (Phi) is 8.07. The Labute approximate surface area is 167 Å². The summed E-state index contributed by atoms with van der Waals surface area (Å²) >= 11 is 5.77. The van der Waals surface area contributed by atoms with Gasteiger partial charge in [0.15, 0.2) is 18.1 Å². The third-order valence-corrected chi connectivity index (χ3v) is 3.71. The molecule has 2 aromatic carbocycles. The Morgan fingerprint density at radius 1 is 1.07 bits per heavy atom. The first kappa shape index (κ1) is 21.5. The molecule has 28 heavy (non-hydrogen) atoms. The summed E-state index contributed by atoms with van der Waals surface area (Å²) in [6.07, 6.45) is 0.831. The molecular formula is C20H21ClFNO5. The van der Waals surface area contributed by atoms with Crippen LogP contribution in [0.2, 0.25) is 5.02 Å². The molecule has 0 saturated heterocycles. The summed E-state index contributed by atoms with van der Waals surface area (Å²) in [5.41, 5.74) is 0.110. The maximum Gasteiger partial charge on any atom is 0.338 e. The number of halogens is 2. The zero-order valence-corrected chi connectivity index (χ0v) is 16.3. The van der Waals surface area contributed by atoms with Crippen LogP contribution in [0.4, 0.5) is 10.1 Å². The number of nitrogens with one attached hydrogen (secondary N) is 1. The van der Waals surface area contributed by atoms with Gasteiger partial charge < -0.3 is 19.5 Å². The van der Waals surface area contributed by atoms with Gasteiger partial charge in [-0.1, -0.05) is 18.5 Å². The molecule has 150 valence electrons. The minimum absolute atomic E-state index is 0.0930. The lowest BCUT2D eigenvalue weighted by atomic mass is 10.2. The number of rotatable bonds is 9. The molecule has 0 atom stereocenters. The zero-order valence-electron chi connectivity index (χ0n) is 15.6. The summed E-state index contributed by atoms with van der Waals surface area (Å²) in [7, 11) is 0. The van der Waals surface area contributed by atoms with Gasteiger partial charge in [-0.25, -0.2) is 9.18 Å². The summed E-state index contributed by atoms with van der Waals surface area (Å²) in [6, 6.07) is 8.37. The molecule has 0 aliphatic carbocycles. The fourth-order valence-electron chi connectivity index (χ4n) is 2.23. The van der Waals surface area contributed by atoms with Gasteiger partial charge in [0.05, 0.1) is 24.5 Å². The van der Waals surface area contributed by atoms with Gasteiger partial charge in [-0.15, -0.1) is 0 Å². The number of carbonyl (C=O) groups is 2. The molecular weight excluding hydrogens is 389 g/mol. The monoisotopic (exact) mass is 409 g/mol. The molecule has 0 heterocycles. The maximum absolute atomic E-state index is 13.6. The number of carbonyl (C=O) groups excluding carboxylic acids is 2. The van der Waals surface area contributed by atoms with Gasteiger partial charge in [0, 0.05) is 5.02 Å². The van der Waals surface area contributed by atoms with Gasteiger partial charge in [0.2, 0.25) is 0 Å². The van der Waals surface area contributed by atoms with E-state index in [9.17, 15) is 14.0 Å². The zero-order chi connectivity index (χ0) is 20.5. The highest BCUT2D eigenvalue weighted by atomic mass is 35.5. The largest absolute Gasteiger partial charge is 0.490 e. The summed E-state index contributed by atoms with van der Waals surface area (Å²) in [5, 5.41) is 2.57. The van der Waals surface area contributed by atoms with Gasteiger partial charge in [-0.2, -0.15) is 0 Å². The Hall–Kier alpha value is -2.80. The number of esters is 1. The van der Waals surface area contributed by atoms with Crippen molar-refractivity contribution in [3.63, 3.8) is 0 Å². The van der Waals surface area contributed by atoms with Crippen LogP contribution in [0.1, 0.15) is 30.6 Å². The summed E-state index contributed by atoms with van der Waals surface area (Å²) in [4.78, 5) is 24.1. The average Bonchev–Trinajstić information content (AvgIpc) is 2.68.